The Balaban J connectivity index is 1.25. The highest BCUT2D eigenvalue weighted by Gasteiger charge is 2.28. The molecule has 24 nitrogen and oxygen atoms in total. The zero-order valence-corrected chi connectivity index (χ0v) is 39.7. The molecule has 6 aromatic rings. The van der Waals surface area contributed by atoms with Gasteiger partial charge in [-0.3, -0.25) is 38.8 Å². The molecule has 1 unspecified atom stereocenters. The van der Waals surface area contributed by atoms with Crippen molar-refractivity contribution in [1.29, 1.82) is 0 Å². The lowest BCUT2D eigenvalue weighted by Crippen LogP contribution is -2.48. The summed E-state index contributed by atoms with van der Waals surface area (Å²) in [5.41, 5.74) is 11.9. The number of ether oxygens (including phenoxy) is 4. The molecule has 0 spiro atoms. The van der Waals surface area contributed by atoms with Gasteiger partial charge in [-0.25, -0.2) is 5.43 Å². The fourth-order valence-electron chi connectivity index (χ4n) is 6.94. The smallest absolute Gasteiger partial charge is 0.390 e. The maximum Gasteiger partial charge on any atom is 0.390 e. The van der Waals surface area contributed by atoms with Gasteiger partial charge in [-0.05, 0) is 98.0 Å². The monoisotopic (exact) mass is 978 g/mol. The number of hydrogen-bond donors (Lipinski definition) is 6. The average Bonchev–Trinajstić information content (AvgIpc) is 4.07. The second kappa shape index (κ2) is 23.1. The van der Waals surface area contributed by atoms with Crippen LogP contribution in [0.5, 0.6) is 17.2 Å². The molecule has 3 amide bonds. The number of aliphatic carboxylic acids is 1. The molecule has 0 aliphatic rings. The number of amides is 3. The van der Waals surface area contributed by atoms with Crippen LogP contribution in [0.1, 0.15) is 88.2 Å². The van der Waals surface area contributed by atoms with Crippen molar-refractivity contribution in [1.82, 2.24) is 40.2 Å². The number of nitrogens with two attached hydrogens (primary N) is 1. The molecule has 374 valence electrons. The van der Waals surface area contributed by atoms with Crippen LogP contribution in [-0.4, -0.2) is 108 Å². The summed E-state index contributed by atoms with van der Waals surface area (Å²) in [5, 5.41) is 40.1. The minimum atomic E-state index is -1.29. The fraction of sp³-hybridized carbons (Fsp3) is 0.319. The van der Waals surface area contributed by atoms with Crippen LogP contribution in [-0.2, 0) is 34.0 Å². The van der Waals surface area contributed by atoms with Gasteiger partial charge in [0, 0.05) is 12.1 Å². The summed E-state index contributed by atoms with van der Waals surface area (Å²) in [6, 6.07) is 22.1. The number of nitro groups is 1. The molecule has 0 aliphatic carbocycles. The van der Waals surface area contributed by atoms with Crippen LogP contribution >= 0.6 is 0 Å². The number of aromatic nitrogens is 6. The number of carbonyl (C=O) groups is 5. The Morgan fingerprint density at radius 1 is 0.662 bits per heavy atom. The fourth-order valence-corrected chi connectivity index (χ4v) is 6.94. The zero-order valence-electron chi connectivity index (χ0n) is 39.7. The summed E-state index contributed by atoms with van der Waals surface area (Å²) in [4.78, 5) is 77.5. The van der Waals surface area contributed by atoms with Crippen molar-refractivity contribution < 1.29 is 52.9 Å². The SMILES string of the molecule is COc1ccc(Cn2nc(NC(=O)c3cc(NC(=O)c4cc([N+](=O)[O-])nn4Cc4ccc(OC)cc4)nn3Cc3ccc(OC)cc3)cc2C(=O)NN[C@@H](CCCC(N)C(=O)OC(C)(C)C)C(=O)O)cc1. The van der Waals surface area contributed by atoms with E-state index in [4.69, 9.17) is 24.7 Å². The summed E-state index contributed by atoms with van der Waals surface area (Å²) in [6.45, 7) is 5.15. The quantitative estimate of drug-likeness (QED) is 0.0295. The predicted octanol–water partition coefficient (Wildman–Crippen LogP) is 4.39. The van der Waals surface area contributed by atoms with E-state index in [2.05, 4.69) is 36.8 Å². The number of carboxylic acid groups (broad SMARTS) is 1. The minimum Gasteiger partial charge on any atom is -0.497 e. The van der Waals surface area contributed by atoms with Gasteiger partial charge < -0.3 is 50.5 Å². The summed E-state index contributed by atoms with van der Waals surface area (Å²) in [6.07, 6.45) is 0.309. The first-order valence-electron chi connectivity index (χ1n) is 22.0. The molecule has 0 bridgehead atoms. The lowest BCUT2D eigenvalue weighted by molar-refractivity contribution is -0.389. The van der Waals surface area contributed by atoms with Gasteiger partial charge in [-0.1, -0.05) is 36.4 Å². The number of carboxylic acids is 1. The molecular formula is C47H54N12O12. The number of carbonyl (C=O) groups excluding carboxylic acids is 4. The molecular weight excluding hydrogens is 925 g/mol. The maximum absolute atomic E-state index is 14.3. The molecule has 2 atom stereocenters. The van der Waals surface area contributed by atoms with Crippen LogP contribution in [0, 0.1) is 10.1 Å². The highest BCUT2D eigenvalue weighted by atomic mass is 16.6. The Morgan fingerprint density at radius 3 is 1.46 bits per heavy atom. The maximum atomic E-state index is 14.3. The van der Waals surface area contributed by atoms with Gasteiger partial charge in [-0.15, -0.1) is 0 Å². The predicted molar refractivity (Wildman–Crippen MR) is 255 cm³/mol. The molecule has 7 N–H and O–H groups in total. The molecule has 24 heteroatoms. The van der Waals surface area contributed by atoms with E-state index in [9.17, 15) is 39.2 Å². The van der Waals surface area contributed by atoms with Crippen LogP contribution in [0.15, 0.2) is 91.0 Å². The van der Waals surface area contributed by atoms with Crippen molar-refractivity contribution in [3.8, 4) is 17.2 Å². The normalized spacial score (nSPS) is 12.0. The third kappa shape index (κ3) is 14.2. The van der Waals surface area contributed by atoms with Gasteiger partial charge in [0.2, 0.25) is 0 Å². The van der Waals surface area contributed by atoms with Gasteiger partial charge >= 0.3 is 17.8 Å². The Bertz CT molecular complexity index is 2850. The zero-order chi connectivity index (χ0) is 51.4. The Kier molecular flexibility index (Phi) is 16.8. The number of hydrogen-bond acceptors (Lipinski definition) is 16. The van der Waals surface area contributed by atoms with Crippen molar-refractivity contribution in [2.45, 2.75) is 77.4 Å². The van der Waals surface area contributed by atoms with Crippen molar-refractivity contribution in [3.63, 3.8) is 0 Å². The largest absolute Gasteiger partial charge is 0.497 e. The van der Waals surface area contributed by atoms with Crippen molar-refractivity contribution in [2.75, 3.05) is 32.0 Å². The van der Waals surface area contributed by atoms with Crippen LogP contribution in [0.4, 0.5) is 17.5 Å². The first kappa shape index (κ1) is 51.7. The number of benzene rings is 3. The number of methoxy groups -OCH3 is 3. The summed E-state index contributed by atoms with van der Waals surface area (Å²) in [5.74, 6) is -3.27. The van der Waals surface area contributed by atoms with Crippen LogP contribution in [0.3, 0.4) is 0 Å². The summed E-state index contributed by atoms with van der Waals surface area (Å²) < 4.78 is 24.9. The Morgan fingerprint density at radius 2 is 1.07 bits per heavy atom. The lowest BCUT2D eigenvalue weighted by Gasteiger charge is -2.22. The number of rotatable bonds is 23. The highest BCUT2D eigenvalue weighted by molar-refractivity contribution is 6.06. The molecule has 3 aromatic heterocycles. The molecule has 3 aromatic carbocycles. The van der Waals surface area contributed by atoms with Crippen molar-refractivity contribution in [2.24, 2.45) is 5.73 Å². The molecule has 6 rings (SSSR count). The molecule has 71 heavy (non-hydrogen) atoms. The second-order valence-electron chi connectivity index (χ2n) is 17.0. The number of esters is 1. The highest BCUT2D eigenvalue weighted by Crippen LogP contribution is 2.22. The topological polar surface area (TPSA) is 313 Å². The molecule has 0 fully saturated rings. The van der Waals surface area contributed by atoms with Gasteiger partial charge in [0.1, 0.15) is 46.3 Å². The first-order valence-corrected chi connectivity index (χ1v) is 22.0. The van der Waals surface area contributed by atoms with Gasteiger partial charge in [0.25, 0.3) is 17.7 Å². The second-order valence-corrected chi connectivity index (χ2v) is 17.0. The van der Waals surface area contributed by atoms with E-state index < -0.39 is 58.1 Å². The van der Waals surface area contributed by atoms with Crippen molar-refractivity contribution in [3.05, 3.63) is 135 Å². The molecule has 0 aliphatic heterocycles. The van der Waals surface area contributed by atoms with E-state index >= 15 is 0 Å². The summed E-state index contributed by atoms with van der Waals surface area (Å²) in [7, 11) is 4.55. The van der Waals surface area contributed by atoms with Gasteiger partial charge in [0.15, 0.2) is 17.3 Å². The molecule has 0 saturated carbocycles. The minimum absolute atomic E-state index is 0.00592. The van der Waals surface area contributed by atoms with E-state index in [0.29, 0.717) is 33.9 Å². The molecule has 0 radical (unpaired) electrons. The molecule has 3 heterocycles. The third-order valence-electron chi connectivity index (χ3n) is 10.5. The number of hydrazine groups is 1. The lowest BCUT2D eigenvalue weighted by atomic mass is 10.1. The average molecular weight is 979 g/mol. The van der Waals surface area contributed by atoms with Crippen LogP contribution < -0.4 is 41.4 Å². The molecule has 0 saturated heterocycles. The number of nitrogens with zero attached hydrogens (tertiary/aromatic N) is 7. The number of anilines is 2. The van der Waals surface area contributed by atoms with E-state index in [1.807, 2.05) is 0 Å². The van der Waals surface area contributed by atoms with E-state index in [-0.39, 0.29) is 67.6 Å². The number of nitrogens with one attached hydrogen (secondary N) is 4. The third-order valence-corrected chi connectivity index (χ3v) is 10.5. The Hall–Kier alpha value is -8.64. The Labute approximate surface area is 406 Å². The van der Waals surface area contributed by atoms with E-state index in [0.717, 1.165) is 6.07 Å². The standard InChI is InChI=1S/C47H54N12O12/c1-47(2,3)71-46(65)34(48)8-7-9-35(45(63)64)51-52-44(62)37-23-40(54-57(37)26-29-12-18-32(69-5)19-13-29)49-42(60)36-22-39(53-56(36)25-28-10-16-31(68-4)17-11-28)50-43(61)38-24-41(59(66)67)55-58(38)27-30-14-20-33(70-6)21-15-30/h10-24,34-35,51H,7-9,25-27,48H2,1-6H3,(H,52,62)(H,63,64)(H,49,54,60)(H,50,53,61)/t34?,35-/m0/s1. The van der Waals surface area contributed by atoms with Crippen molar-refractivity contribution >= 4 is 47.1 Å². The van der Waals surface area contributed by atoms with E-state index in [1.165, 1.54) is 47.5 Å². The first-order chi connectivity index (χ1) is 33.8. The summed E-state index contributed by atoms with van der Waals surface area (Å²) >= 11 is 0. The van der Waals surface area contributed by atoms with Crippen LogP contribution in [0.25, 0.3) is 0 Å². The van der Waals surface area contributed by atoms with Gasteiger partial charge in [0.05, 0.1) is 52.1 Å². The van der Waals surface area contributed by atoms with E-state index in [1.54, 1.807) is 93.6 Å². The van der Waals surface area contributed by atoms with Crippen LogP contribution in [0.2, 0.25) is 0 Å². The van der Waals surface area contributed by atoms with Gasteiger partial charge in [-0.2, -0.15) is 14.9 Å².